The van der Waals surface area contributed by atoms with E-state index in [1.54, 1.807) is 34.9 Å². The number of esters is 2. The SMILES string of the molecule is COC(=O)C[C@H](O)C[C@H](O)/C=C/c1c(-c2ccc(F)cc2)c(-c2ccc(F)cc2)c(C(=O)OCc2ccccc2)n1C(C)C. The summed E-state index contributed by atoms with van der Waals surface area (Å²) >= 11 is 0. The molecule has 0 saturated carbocycles. The Labute approximate surface area is 255 Å². The van der Waals surface area contributed by atoms with Crippen LogP contribution < -0.4 is 0 Å². The summed E-state index contributed by atoms with van der Waals surface area (Å²) in [4.78, 5) is 25.5. The summed E-state index contributed by atoms with van der Waals surface area (Å²) < 4.78 is 40.2. The summed E-state index contributed by atoms with van der Waals surface area (Å²) in [5.41, 5.74) is 3.57. The lowest BCUT2D eigenvalue weighted by molar-refractivity contribution is -0.143. The maximum atomic E-state index is 14.0. The summed E-state index contributed by atoms with van der Waals surface area (Å²) in [6.07, 6.45) is 0.348. The monoisotopic (exact) mass is 603 g/mol. The topological polar surface area (TPSA) is 98.0 Å². The smallest absolute Gasteiger partial charge is 0.355 e. The van der Waals surface area contributed by atoms with Gasteiger partial charge in [-0.05, 0) is 60.9 Å². The molecule has 4 rings (SSSR count). The molecule has 4 aromatic rings. The average Bonchev–Trinajstić information content (AvgIpc) is 3.35. The van der Waals surface area contributed by atoms with E-state index in [-0.39, 0.29) is 31.2 Å². The van der Waals surface area contributed by atoms with E-state index in [0.29, 0.717) is 27.9 Å². The van der Waals surface area contributed by atoms with Gasteiger partial charge in [0.25, 0.3) is 0 Å². The van der Waals surface area contributed by atoms with Gasteiger partial charge in [0.15, 0.2) is 0 Å². The van der Waals surface area contributed by atoms with Gasteiger partial charge in [0.1, 0.15) is 23.9 Å². The fraction of sp³-hybridized carbons (Fsp3) is 0.257. The Hall–Kier alpha value is -4.60. The Bertz CT molecular complexity index is 1600. The third-order valence-corrected chi connectivity index (χ3v) is 7.05. The fourth-order valence-corrected chi connectivity index (χ4v) is 5.02. The van der Waals surface area contributed by atoms with Crippen molar-refractivity contribution in [3.05, 3.63) is 114 Å². The van der Waals surface area contributed by atoms with E-state index < -0.39 is 35.8 Å². The van der Waals surface area contributed by atoms with Gasteiger partial charge >= 0.3 is 11.9 Å². The Balaban J connectivity index is 1.90. The number of hydrogen-bond acceptors (Lipinski definition) is 6. The molecular formula is C35H35F2NO6. The second-order valence-corrected chi connectivity index (χ2v) is 10.6. The second kappa shape index (κ2) is 14.7. The molecule has 0 fully saturated rings. The lowest BCUT2D eigenvalue weighted by Gasteiger charge is -2.17. The van der Waals surface area contributed by atoms with E-state index in [1.807, 2.05) is 44.2 Å². The van der Waals surface area contributed by atoms with Crippen molar-refractivity contribution in [1.29, 1.82) is 0 Å². The summed E-state index contributed by atoms with van der Waals surface area (Å²) in [5, 5.41) is 21.0. The summed E-state index contributed by atoms with van der Waals surface area (Å²) in [5.74, 6) is -2.14. The first-order valence-electron chi connectivity index (χ1n) is 14.2. The highest BCUT2D eigenvalue weighted by Crippen LogP contribution is 2.43. The number of carbonyl (C=O) groups is 2. The van der Waals surface area contributed by atoms with Gasteiger partial charge in [0, 0.05) is 29.3 Å². The van der Waals surface area contributed by atoms with Crippen LogP contribution in [0.15, 0.2) is 84.9 Å². The second-order valence-electron chi connectivity index (χ2n) is 10.6. The molecule has 230 valence electrons. The van der Waals surface area contributed by atoms with Crippen molar-refractivity contribution in [2.24, 2.45) is 0 Å². The number of hydrogen-bond donors (Lipinski definition) is 2. The van der Waals surface area contributed by atoms with Crippen LogP contribution in [0.4, 0.5) is 8.78 Å². The number of methoxy groups -OCH3 is 1. The van der Waals surface area contributed by atoms with Crippen LogP contribution in [0, 0.1) is 11.6 Å². The van der Waals surface area contributed by atoms with Gasteiger partial charge in [0.05, 0.1) is 25.7 Å². The van der Waals surface area contributed by atoms with Gasteiger partial charge < -0.3 is 24.3 Å². The highest BCUT2D eigenvalue weighted by Gasteiger charge is 2.30. The van der Waals surface area contributed by atoms with Crippen LogP contribution in [0.2, 0.25) is 0 Å². The van der Waals surface area contributed by atoms with E-state index in [0.717, 1.165) is 5.56 Å². The number of carbonyl (C=O) groups excluding carboxylic acids is 2. The zero-order chi connectivity index (χ0) is 31.8. The van der Waals surface area contributed by atoms with E-state index in [9.17, 15) is 28.6 Å². The van der Waals surface area contributed by atoms with Crippen molar-refractivity contribution < 1.29 is 38.1 Å². The lowest BCUT2D eigenvalue weighted by atomic mass is 9.94. The molecule has 1 aromatic heterocycles. The largest absolute Gasteiger partial charge is 0.469 e. The maximum absolute atomic E-state index is 14.0. The van der Waals surface area contributed by atoms with Crippen LogP contribution in [0.5, 0.6) is 0 Å². The molecule has 44 heavy (non-hydrogen) atoms. The van der Waals surface area contributed by atoms with E-state index in [4.69, 9.17) is 4.74 Å². The number of rotatable bonds is 12. The van der Waals surface area contributed by atoms with Gasteiger partial charge in [-0.1, -0.05) is 60.7 Å². The molecule has 0 aliphatic carbocycles. The van der Waals surface area contributed by atoms with Crippen LogP contribution in [-0.4, -0.2) is 46.0 Å². The molecule has 0 spiro atoms. The van der Waals surface area contributed by atoms with Gasteiger partial charge in [0.2, 0.25) is 0 Å². The first-order valence-corrected chi connectivity index (χ1v) is 14.2. The van der Waals surface area contributed by atoms with Crippen molar-refractivity contribution in [2.45, 2.75) is 51.5 Å². The summed E-state index contributed by atoms with van der Waals surface area (Å²) in [7, 11) is 1.21. The number of ether oxygens (including phenoxy) is 2. The summed E-state index contributed by atoms with van der Waals surface area (Å²) in [6, 6.07) is 20.4. The van der Waals surface area contributed by atoms with E-state index >= 15 is 0 Å². The van der Waals surface area contributed by atoms with E-state index in [1.165, 1.54) is 37.5 Å². The molecule has 0 amide bonds. The third kappa shape index (κ3) is 7.86. The molecule has 0 bridgehead atoms. The molecule has 0 saturated heterocycles. The molecule has 0 aliphatic rings. The van der Waals surface area contributed by atoms with Crippen LogP contribution in [0.25, 0.3) is 28.3 Å². The number of benzene rings is 3. The number of aliphatic hydroxyl groups is 2. The van der Waals surface area contributed by atoms with Gasteiger partial charge in [-0.3, -0.25) is 4.79 Å². The summed E-state index contributed by atoms with van der Waals surface area (Å²) in [6.45, 7) is 3.77. The van der Waals surface area contributed by atoms with Crippen LogP contribution >= 0.6 is 0 Å². The molecule has 0 aliphatic heterocycles. The Morgan fingerprint density at radius 3 is 1.98 bits per heavy atom. The van der Waals surface area contributed by atoms with E-state index in [2.05, 4.69) is 4.74 Å². The number of halogens is 2. The number of nitrogens with zero attached hydrogens (tertiary/aromatic N) is 1. The van der Waals surface area contributed by atoms with Gasteiger partial charge in [-0.2, -0.15) is 0 Å². The molecule has 3 aromatic carbocycles. The zero-order valence-corrected chi connectivity index (χ0v) is 24.7. The predicted molar refractivity (Wildman–Crippen MR) is 163 cm³/mol. The minimum atomic E-state index is -1.16. The Morgan fingerprint density at radius 2 is 1.43 bits per heavy atom. The van der Waals surface area contributed by atoms with Crippen molar-refractivity contribution in [3.8, 4) is 22.3 Å². The zero-order valence-electron chi connectivity index (χ0n) is 24.7. The molecule has 2 N–H and O–H groups in total. The first kappa shape index (κ1) is 32.3. The highest BCUT2D eigenvalue weighted by atomic mass is 19.1. The third-order valence-electron chi connectivity index (χ3n) is 7.05. The minimum Gasteiger partial charge on any atom is -0.469 e. The van der Waals surface area contributed by atoms with Gasteiger partial charge in [-0.15, -0.1) is 0 Å². The highest BCUT2D eigenvalue weighted by molar-refractivity contribution is 6.04. The molecule has 0 unspecified atom stereocenters. The number of aromatic nitrogens is 1. The van der Waals surface area contributed by atoms with Crippen LogP contribution in [0.1, 0.15) is 54.5 Å². The average molecular weight is 604 g/mol. The minimum absolute atomic E-state index is 0.0135. The molecule has 7 nitrogen and oxygen atoms in total. The number of aliphatic hydroxyl groups excluding tert-OH is 2. The van der Waals surface area contributed by atoms with Crippen LogP contribution in [-0.2, 0) is 20.9 Å². The molecule has 0 radical (unpaired) electrons. The van der Waals surface area contributed by atoms with Crippen molar-refractivity contribution in [3.63, 3.8) is 0 Å². The Kier molecular flexibility index (Phi) is 10.8. The van der Waals surface area contributed by atoms with Crippen molar-refractivity contribution >= 4 is 18.0 Å². The van der Waals surface area contributed by atoms with Crippen molar-refractivity contribution in [2.75, 3.05) is 7.11 Å². The molecular weight excluding hydrogens is 568 g/mol. The maximum Gasteiger partial charge on any atom is 0.355 e. The van der Waals surface area contributed by atoms with Gasteiger partial charge in [-0.25, -0.2) is 13.6 Å². The quantitative estimate of drug-likeness (QED) is 0.174. The van der Waals surface area contributed by atoms with Crippen molar-refractivity contribution in [1.82, 2.24) is 4.57 Å². The molecule has 2 atom stereocenters. The molecule has 1 heterocycles. The first-order chi connectivity index (χ1) is 21.1. The normalized spacial score (nSPS) is 12.8. The lowest BCUT2D eigenvalue weighted by Crippen LogP contribution is -2.20. The fourth-order valence-electron chi connectivity index (χ4n) is 5.02. The molecule has 9 heteroatoms. The predicted octanol–water partition coefficient (Wildman–Crippen LogP) is 6.73. The van der Waals surface area contributed by atoms with Crippen LogP contribution in [0.3, 0.4) is 0 Å². The Morgan fingerprint density at radius 1 is 0.864 bits per heavy atom. The standard InChI is InChI=1S/C35H35F2NO6/c1-22(2)38-30(18-17-28(39)19-29(40)20-31(41)43-3)32(24-9-13-26(36)14-10-24)33(25-11-15-27(37)16-12-25)34(38)35(42)44-21-23-7-5-4-6-8-23/h4-18,22,28-29,39-40H,19-21H2,1-3H3/b18-17+/t28-,29-/m1/s1.